The van der Waals surface area contributed by atoms with Gasteiger partial charge in [-0.3, -0.25) is 9.40 Å². The number of pyridine rings is 1. The highest BCUT2D eigenvalue weighted by atomic mass is 32.2. The van der Waals surface area contributed by atoms with Crippen LogP contribution in [0, 0.1) is 6.92 Å². The third-order valence-corrected chi connectivity index (χ3v) is 5.42. The molecule has 0 bridgehead atoms. The Morgan fingerprint density at radius 3 is 2.61 bits per heavy atom. The Morgan fingerprint density at radius 1 is 1.22 bits per heavy atom. The Kier molecular flexibility index (Phi) is 4.25. The molecular weight excluding hydrogens is 314 g/mol. The number of rotatable bonds is 4. The maximum Gasteiger partial charge on any atom is 0.265 e. The number of aromatic nitrogens is 3. The van der Waals surface area contributed by atoms with Gasteiger partial charge in [0.1, 0.15) is 10.7 Å². The normalized spacial score (nSPS) is 15.7. The molecule has 0 saturated carbocycles. The summed E-state index contributed by atoms with van der Waals surface area (Å²) in [5.41, 5.74) is 0.995. The lowest BCUT2D eigenvalue weighted by atomic mass is 10.1. The van der Waals surface area contributed by atoms with E-state index in [1.54, 1.807) is 32.3 Å². The van der Waals surface area contributed by atoms with Crippen molar-refractivity contribution in [3.8, 4) is 0 Å². The van der Waals surface area contributed by atoms with Gasteiger partial charge in [-0.25, -0.2) is 13.4 Å². The molecule has 0 spiro atoms. The van der Waals surface area contributed by atoms with E-state index in [9.17, 15) is 8.42 Å². The number of nitrogens with one attached hydrogen (secondary N) is 1. The molecule has 124 valence electrons. The zero-order valence-electron chi connectivity index (χ0n) is 13.4. The Morgan fingerprint density at radius 2 is 1.96 bits per heavy atom. The molecule has 3 rings (SSSR count). The molecule has 0 atom stereocenters. The summed E-state index contributed by atoms with van der Waals surface area (Å²) in [6.07, 6.45) is 6.67. The van der Waals surface area contributed by atoms with Crippen molar-refractivity contribution in [2.75, 3.05) is 22.7 Å². The highest BCUT2D eigenvalue weighted by Crippen LogP contribution is 2.23. The first-order chi connectivity index (χ1) is 11.0. The van der Waals surface area contributed by atoms with Gasteiger partial charge >= 0.3 is 0 Å². The van der Waals surface area contributed by atoms with Crippen molar-refractivity contribution in [1.82, 2.24) is 14.8 Å². The monoisotopic (exact) mass is 335 g/mol. The van der Waals surface area contributed by atoms with Gasteiger partial charge in [0.2, 0.25) is 0 Å². The summed E-state index contributed by atoms with van der Waals surface area (Å²) in [5, 5.41) is 4.09. The van der Waals surface area contributed by atoms with Gasteiger partial charge in [-0.1, -0.05) is 0 Å². The summed E-state index contributed by atoms with van der Waals surface area (Å²) in [7, 11) is -1.95. The van der Waals surface area contributed by atoms with E-state index in [0.717, 1.165) is 31.7 Å². The second-order valence-corrected chi connectivity index (χ2v) is 7.46. The molecule has 23 heavy (non-hydrogen) atoms. The van der Waals surface area contributed by atoms with Gasteiger partial charge in [0.25, 0.3) is 10.0 Å². The minimum atomic E-state index is -3.65. The third-order valence-electron chi connectivity index (χ3n) is 3.94. The van der Waals surface area contributed by atoms with Crippen LogP contribution in [-0.4, -0.2) is 36.3 Å². The van der Waals surface area contributed by atoms with E-state index in [0.29, 0.717) is 11.4 Å². The summed E-state index contributed by atoms with van der Waals surface area (Å²) in [4.78, 5) is 6.74. The summed E-state index contributed by atoms with van der Waals surface area (Å²) in [6.45, 7) is 3.61. The average Bonchev–Trinajstić information content (AvgIpc) is 2.88. The fourth-order valence-electron chi connectivity index (χ4n) is 2.83. The molecule has 8 heteroatoms. The van der Waals surface area contributed by atoms with Crippen molar-refractivity contribution >= 4 is 21.5 Å². The van der Waals surface area contributed by atoms with Gasteiger partial charge in [0.05, 0.1) is 11.4 Å². The second kappa shape index (κ2) is 6.19. The van der Waals surface area contributed by atoms with E-state index >= 15 is 0 Å². The lowest BCUT2D eigenvalue weighted by Gasteiger charge is -2.27. The van der Waals surface area contributed by atoms with Crippen LogP contribution in [0.5, 0.6) is 0 Å². The predicted molar refractivity (Wildman–Crippen MR) is 89.1 cm³/mol. The van der Waals surface area contributed by atoms with Crippen LogP contribution in [0.2, 0.25) is 0 Å². The number of nitrogens with zero attached hydrogens (tertiary/aromatic N) is 4. The van der Waals surface area contributed by atoms with Gasteiger partial charge in [-0.15, -0.1) is 0 Å². The molecule has 1 aliphatic rings. The second-order valence-electron chi connectivity index (χ2n) is 5.81. The first-order valence-corrected chi connectivity index (χ1v) is 9.18. The Labute approximate surface area is 136 Å². The van der Waals surface area contributed by atoms with E-state index in [-0.39, 0.29) is 4.90 Å². The highest BCUT2D eigenvalue weighted by molar-refractivity contribution is 7.92. The Hall–Kier alpha value is -2.09. The zero-order valence-corrected chi connectivity index (χ0v) is 14.2. The van der Waals surface area contributed by atoms with Crippen molar-refractivity contribution in [2.45, 2.75) is 31.1 Å². The third kappa shape index (κ3) is 3.47. The summed E-state index contributed by atoms with van der Waals surface area (Å²) < 4.78 is 29.2. The summed E-state index contributed by atoms with van der Waals surface area (Å²) in [5.74, 6) is 0.813. The fraction of sp³-hybridized carbons (Fsp3) is 0.467. The number of aryl methyl sites for hydroxylation is 2. The Balaban J connectivity index is 1.83. The van der Waals surface area contributed by atoms with E-state index in [2.05, 4.69) is 19.7 Å². The van der Waals surface area contributed by atoms with Crippen LogP contribution in [0.3, 0.4) is 0 Å². The fourth-order valence-corrected chi connectivity index (χ4v) is 4.10. The average molecular weight is 335 g/mol. The molecule has 1 aliphatic heterocycles. The number of hydrogen-bond acceptors (Lipinski definition) is 5. The van der Waals surface area contributed by atoms with E-state index < -0.39 is 10.0 Å². The van der Waals surface area contributed by atoms with Crippen LogP contribution in [-0.2, 0) is 17.1 Å². The SMILES string of the molecule is Cc1nn(C)cc1S(=O)(=O)Nc1ccnc(N2CCCCC2)c1. The molecule has 2 aromatic heterocycles. The Bertz CT molecular complexity index is 794. The minimum absolute atomic E-state index is 0.191. The molecule has 1 fully saturated rings. The van der Waals surface area contributed by atoms with Gasteiger partial charge in [-0.05, 0) is 32.3 Å². The number of piperidine rings is 1. The molecule has 7 nitrogen and oxygen atoms in total. The van der Waals surface area contributed by atoms with Crippen LogP contribution < -0.4 is 9.62 Å². The standard InChI is InChI=1S/C15H21N5O2S/c1-12-14(11-19(2)17-12)23(21,22)18-13-6-7-16-15(10-13)20-8-4-3-5-9-20/h6-7,10-11H,3-5,8-9H2,1-2H3,(H,16,18). The maximum atomic E-state index is 12.5. The van der Waals surface area contributed by atoms with Gasteiger partial charge in [0, 0.05) is 38.6 Å². The van der Waals surface area contributed by atoms with Crippen molar-refractivity contribution in [3.63, 3.8) is 0 Å². The smallest absolute Gasteiger partial charge is 0.265 e. The zero-order chi connectivity index (χ0) is 16.4. The topological polar surface area (TPSA) is 80.1 Å². The van der Waals surface area contributed by atoms with Gasteiger partial charge in [0.15, 0.2) is 0 Å². The number of anilines is 2. The molecular formula is C15H21N5O2S. The quantitative estimate of drug-likeness (QED) is 0.923. The van der Waals surface area contributed by atoms with Crippen LogP contribution in [0.15, 0.2) is 29.4 Å². The van der Waals surface area contributed by atoms with E-state index in [1.807, 2.05) is 0 Å². The van der Waals surface area contributed by atoms with Crippen molar-refractivity contribution in [2.24, 2.45) is 7.05 Å². The molecule has 0 amide bonds. The van der Waals surface area contributed by atoms with Crippen LogP contribution in [0.4, 0.5) is 11.5 Å². The lowest BCUT2D eigenvalue weighted by molar-refractivity contribution is 0.573. The lowest BCUT2D eigenvalue weighted by Crippen LogP contribution is -2.30. The maximum absolute atomic E-state index is 12.5. The molecule has 0 aromatic carbocycles. The van der Waals surface area contributed by atoms with Gasteiger partial charge < -0.3 is 4.90 Å². The largest absolute Gasteiger partial charge is 0.357 e. The summed E-state index contributed by atoms with van der Waals surface area (Å²) >= 11 is 0. The van der Waals surface area contributed by atoms with Crippen LogP contribution in [0.1, 0.15) is 25.0 Å². The van der Waals surface area contributed by atoms with Crippen molar-refractivity contribution in [1.29, 1.82) is 0 Å². The van der Waals surface area contributed by atoms with Crippen LogP contribution >= 0.6 is 0 Å². The number of sulfonamides is 1. The molecule has 3 heterocycles. The van der Waals surface area contributed by atoms with Crippen molar-refractivity contribution in [3.05, 3.63) is 30.2 Å². The van der Waals surface area contributed by atoms with E-state index in [1.165, 1.54) is 17.3 Å². The van der Waals surface area contributed by atoms with E-state index in [4.69, 9.17) is 0 Å². The summed E-state index contributed by atoms with van der Waals surface area (Å²) in [6, 6.07) is 3.45. The first kappa shape index (κ1) is 15.8. The molecule has 1 saturated heterocycles. The first-order valence-electron chi connectivity index (χ1n) is 7.70. The van der Waals surface area contributed by atoms with Crippen molar-refractivity contribution < 1.29 is 8.42 Å². The minimum Gasteiger partial charge on any atom is -0.357 e. The van der Waals surface area contributed by atoms with Gasteiger partial charge in [-0.2, -0.15) is 5.10 Å². The molecule has 1 N–H and O–H groups in total. The molecule has 0 aliphatic carbocycles. The molecule has 0 radical (unpaired) electrons. The molecule has 0 unspecified atom stereocenters. The molecule has 2 aromatic rings. The number of hydrogen-bond donors (Lipinski definition) is 1. The van der Waals surface area contributed by atoms with Crippen LogP contribution in [0.25, 0.3) is 0 Å². The highest BCUT2D eigenvalue weighted by Gasteiger charge is 2.20. The predicted octanol–water partition coefficient (Wildman–Crippen LogP) is 1.91.